The molecule has 0 saturated heterocycles. The summed E-state index contributed by atoms with van der Waals surface area (Å²) < 4.78 is 5.20. The van der Waals surface area contributed by atoms with Crippen molar-refractivity contribution in [3.8, 4) is 0 Å². The first-order valence-corrected chi connectivity index (χ1v) is 6.20. The molecule has 0 bridgehead atoms. The minimum atomic E-state index is -0.356. The van der Waals surface area contributed by atoms with Gasteiger partial charge in [0.25, 0.3) is 0 Å². The zero-order valence-electron chi connectivity index (χ0n) is 10.8. The van der Waals surface area contributed by atoms with Gasteiger partial charge in [-0.05, 0) is 32.7 Å². The third kappa shape index (κ3) is 3.17. The minimum Gasteiger partial charge on any atom is -0.394 e. The number of ether oxygens (including phenoxy) is 1. The van der Waals surface area contributed by atoms with E-state index in [2.05, 4.69) is 18.7 Å². The van der Waals surface area contributed by atoms with Crippen LogP contribution < -0.4 is 5.73 Å². The molecule has 4 heteroatoms. The summed E-state index contributed by atoms with van der Waals surface area (Å²) in [5.74, 6) is 0. The molecule has 1 fully saturated rings. The molecular formula is C12H26N2O2. The van der Waals surface area contributed by atoms with E-state index in [1.54, 1.807) is 7.11 Å². The van der Waals surface area contributed by atoms with Crippen molar-refractivity contribution in [1.82, 2.24) is 4.90 Å². The summed E-state index contributed by atoms with van der Waals surface area (Å²) in [7, 11) is 1.74. The van der Waals surface area contributed by atoms with E-state index in [1.165, 1.54) is 0 Å². The number of aliphatic hydroxyl groups is 1. The van der Waals surface area contributed by atoms with Gasteiger partial charge in [0.1, 0.15) is 0 Å². The van der Waals surface area contributed by atoms with Crippen LogP contribution in [0.5, 0.6) is 0 Å². The first-order valence-electron chi connectivity index (χ1n) is 6.20. The molecule has 16 heavy (non-hydrogen) atoms. The molecular weight excluding hydrogens is 204 g/mol. The summed E-state index contributed by atoms with van der Waals surface area (Å²) in [5, 5.41) is 9.27. The first-order chi connectivity index (χ1) is 7.56. The highest BCUT2D eigenvalue weighted by atomic mass is 16.5. The molecule has 0 heterocycles. The van der Waals surface area contributed by atoms with Crippen molar-refractivity contribution >= 4 is 0 Å². The average Bonchev–Trinajstić information content (AvgIpc) is 2.64. The summed E-state index contributed by atoms with van der Waals surface area (Å²) in [5.41, 5.74) is 5.75. The number of rotatable bonds is 6. The Morgan fingerprint density at radius 2 is 2.31 bits per heavy atom. The number of nitrogens with zero attached hydrogens (tertiary/aromatic N) is 1. The summed E-state index contributed by atoms with van der Waals surface area (Å²) in [4.78, 5) is 2.44. The van der Waals surface area contributed by atoms with Crippen molar-refractivity contribution in [3.63, 3.8) is 0 Å². The number of hydrogen-bond donors (Lipinski definition) is 2. The second-order valence-corrected chi connectivity index (χ2v) is 5.05. The third-order valence-corrected chi connectivity index (χ3v) is 3.74. The molecule has 0 aromatic rings. The Balaban J connectivity index is 2.55. The molecule has 4 nitrogen and oxygen atoms in total. The van der Waals surface area contributed by atoms with Gasteiger partial charge in [0.05, 0.1) is 13.2 Å². The number of nitrogens with two attached hydrogens (primary N) is 1. The molecule has 1 saturated carbocycles. The van der Waals surface area contributed by atoms with Crippen LogP contribution in [0.2, 0.25) is 0 Å². The summed E-state index contributed by atoms with van der Waals surface area (Å²) in [6, 6.07) is 0.911. The highest BCUT2D eigenvalue weighted by Gasteiger charge is 2.38. The molecule has 96 valence electrons. The lowest BCUT2D eigenvalue weighted by molar-refractivity contribution is 0.0707. The Bertz CT molecular complexity index is 213. The van der Waals surface area contributed by atoms with E-state index in [-0.39, 0.29) is 12.1 Å². The van der Waals surface area contributed by atoms with E-state index in [4.69, 9.17) is 10.5 Å². The smallest absolute Gasteiger partial charge is 0.0615 e. The fraction of sp³-hybridized carbons (Fsp3) is 1.00. The van der Waals surface area contributed by atoms with Crippen molar-refractivity contribution in [2.45, 2.75) is 50.7 Å². The molecule has 0 aromatic heterocycles. The molecule has 0 aromatic carbocycles. The summed E-state index contributed by atoms with van der Waals surface area (Å²) in [6.45, 7) is 6.21. The number of methoxy groups -OCH3 is 1. The molecule has 3 unspecified atom stereocenters. The maximum atomic E-state index is 9.27. The predicted molar refractivity (Wildman–Crippen MR) is 65.4 cm³/mol. The Morgan fingerprint density at radius 1 is 1.62 bits per heavy atom. The van der Waals surface area contributed by atoms with Gasteiger partial charge in [-0.2, -0.15) is 0 Å². The van der Waals surface area contributed by atoms with Gasteiger partial charge in [-0.1, -0.05) is 6.92 Å². The van der Waals surface area contributed by atoms with Gasteiger partial charge >= 0.3 is 0 Å². The van der Waals surface area contributed by atoms with Gasteiger partial charge < -0.3 is 15.6 Å². The number of hydrogen-bond acceptors (Lipinski definition) is 4. The van der Waals surface area contributed by atoms with Gasteiger partial charge in [-0.15, -0.1) is 0 Å². The van der Waals surface area contributed by atoms with Crippen LogP contribution >= 0.6 is 0 Å². The van der Waals surface area contributed by atoms with Crippen LogP contribution in [0.1, 0.15) is 33.1 Å². The highest BCUT2D eigenvalue weighted by Crippen LogP contribution is 2.31. The van der Waals surface area contributed by atoms with E-state index in [0.29, 0.717) is 12.1 Å². The van der Waals surface area contributed by atoms with Crippen LogP contribution in [0, 0.1) is 0 Å². The zero-order valence-corrected chi connectivity index (χ0v) is 10.8. The van der Waals surface area contributed by atoms with Crippen molar-refractivity contribution in [3.05, 3.63) is 0 Å². The normalized spacial score (nSPS) is 32.2. The Kier molecular flexibility index (Phi) is 5.18. The van der Waals surface area contributed by atoms with E-state index in [1.807, 2.05) is 0 Å². The zero-order chi connectivity index (χ0) is 12.2. The fourth-order valence-corrected chi connectivity index (χ4v) is 2.82. The maximum Gasteiger partial charge on any atom is 0.0615 e. The first kappa shape index (κ1) is 13.9. The van der Waals surface area contributed by atoms with Gasteiger partial charge in [-0.3, -0.25) is 4.90 Å². The lowest BCUT2D eigenvalue weighted by Crippen LogP contribution is -2.46. The molecule has 0 radical (unpaired) electrons. The van der Waals surface area contributed by atoms with Crippen LogP contribution in [-0.2, 0) is 4.74 Å². The number of aliphatic hydroxyl groups excluding tert-OH is 1. The van der Waals surface area contributed by atoms with Crippen molar-refractivity contribution in [2.24, 2.45) is 5.73 Å². The molecule has 0 aliphatic heterocycles. The molecule has 1 aliphatic carbocycles. The lowest BCUT2D eigenvalue weighted by atomic mass is 10.00. The standard InChI is InChI=1S/C12H26N2O2/c1-4-14(10(2)8-16-3)11-5-6-12(13,7-11)9-15/h10-11,15H,4-9,13H2,1-3H3. The quantitative estimate of drug-likeness (QED) is 0.701. The Labute approximate surface area is 98.8 Å². The topological polar surface area (TPSA) is 58.7 Å². The molecule has 3 atom stereocenters. The van der Waals surface area contributed by atoms with Gasteiger partial charge in [-0.25, -0.2) is 0 Å². The molecule has 0 amide bonds. The van der Waals surface area contributed by atoms with E-state index in [9.17, 15) is 5.11 Å². The summed E-state index contributed by atoms with van der Waals surface area (Å²) in [6.07, 6.45) is 2.90. The van der Waals surface area contributed by atoms with Crippen LogP contribution in [-0.4, -0.2) is 54.5 Å². The van der Waals surface area contributed by atoms with Crippen molar-refractivity contribution < 1.29 is 9.84 Å². The van der Waals surface area contributed by atoms with Gasteiger partial charge in [0.2, 0.25) is 0 Å². The van der Waals surface area contributed by atoms with Crippen molar-refractivity contribution in [1.29, 1.82) is 0 Å². The molecule has 1 rings (SSSR count). The average molecular weight is 230 g/mol. The van der Waals surface area contributed by atoms with E-state index in [0.717, 1.165) is 32.4 Å². The third-order valence-electron chi connectivity index (χ3n) is 3.74. The monoisotopic (exact) mass is 230 g/mol. The van der Waals surface area contributed by atoms with Crippen molar-refractivity contribution in [2.75, 3.05) is 26.9 Å². The van der Waals surface area contributed by atoms with Crippen LogP contribution in [0.4, 0.5) is 0 Å². The SMILES string of the molecule is CCN(C(C)COC)C1CCC(N)(CO)C1. The second-order valence-electron chi connectivity index (χ2n) is 5.05. The minimum absolute atomic E-state index is 0.0969. The molecule has 0 spiro atoms. The molecule has 1 aliphatic rings. The largest absolute Gasteiger partial charge is 0.394 e. The fourth-order valence-electron chi connectivity index (χ4n) is 2.82. The van der Waals surface area contributed by atoms with Gasteiger partial charge in [0.15, 0.2) is 0 Å². The summed E-state index contributed by atoms with van der Waals surface area (Å²) >= 11 is 0. The highest BCUT2D eigenvalue weighted by molar-refractivity contribution is 4.97. The Hall–Kier alpha value is -0.160. The molecule has 3 N–H and O–H groups in total. The van der Waals surface area contributed by atoms with Crippen LogP contribution in [0.3, 0.4) is 0 Å². The maximum absolute atomic E-state index is 9.27. The number of likely N-dealkylation sites (N-methyl/N-ethyl adjacent to an activating group) is 1. The van der Waals surface area contributed by atoms with Gasteiger partial charge in [0, 0.05) is 24.7 Å². The lowest BCUT2D eigenvalue weighted by Gasteiger charge is -2.34. The van der Waals surface area contributed by atoms with Crippen LogP contribution in [0.15, 0.2) is 0 Å². The van der Waals surface area contributed by atoms with Crippen LogP contribution in [0.25, 0.3) is 0 Å². The van der Waals surface area contributed by atoms with E-state index >= 15 is 0 Å². The Morgan fingerprint density at radius 3 is 2.75 bits per heavy atom. The van der Waals surface area contributed by atoms with E-state index < -0.39 is 0 Å². The predicted octanol–water partition coefficient (Wildman–Crippen LogP) is 0.586. The second kappa shape index (κ2) is 5.96.